The molecule has 1 fully saturated rings. The molecular weight excluding hydrogens is 180 g/mol. The van der Waals surface area contributed by atoms with Gasteiger partial charge in [-0.25, -0.2) is 0 Å². The molecule has 0 bridgehead atoms. The van der Waals surface area contributed by atoms with E-state index in [0.717, 1.165) is 12.8 Å². The maximum Gasteiger partial charge on any atom is 0.0683 e. The van der Waals surface area contributed by atoms with Gasteiger partial charge in [0.05, 0.1) is 11.7 Å². The van der Waals surface area contributed by atoms with Crippen LogP contribution in [0.25, 0.3) is 0 Å². The maximum absolute atomic E-state index is 10.2. The van der Waals surface area contributed by atoms with E-state index in [1.54, 1.807) is 0 Å². The third-order valence-electron chi connectivity index (χ3n) is 3.11. The van der Waals surface area contributed by atoms with E-state index in [0.29, 0.717) is 12.3 Å². The third kappa shape index (κ3) is 2.47. The van der Waals surface area contributed by atoms with Gasteiger partial charge in [-0.2, -0.15) is 0 Å². The topological polar surface area (TPSA) is 49.4 Å². The zero-order chi connectivity index (χ0) is 10.8. The fourth-order valence-electron chi connectivity index (χ4n) is 2.40. The minimum atomic E-state index is -0.961. The molecule has 0 saturated carbocycles. The molecule has 2 atom stereocenters. The van der Waals surface area contributed by atoms with Crippen LogP contribution < -0.4 is 5.11 Å². The van der Waals surface area contributed by atoms with Crippen molar-refractivity contribution in [2.45, 2.75) is 58.2 Å². The van der Waals surface area contributed by atoms with Crippen molar-refractivity contribution in [3.05, 3.63) is 0 Å². The van der Waals surface area contributed by atoms with Crippen molar-refractivity contribution in [3.63, 3.8) is 0 Å². The van der Waals surface area contributed by atoms with Crippen LogP contribution in [0.1, 0.15) is 46.5 Å². The summed E-state index contributed by atoms with van der Waals surface area (Å²) >= 11 is 0. The van der Waals surface area contributed by atoms with Gasteiger partial charge < -0.3 is 14.6 Å². The number of carbonyl (C=O) groups excluding carboxylic acids is 1. The molecule has 0 amide bonds. The van der Waals surface area contributed by atoms with Gasteiger partial charge in [0.15, 0.2) is 0 Å². The fraction of sp³-hybridized carbons (Fsp3) is 0.909. The van der Waals surface area contributed by atoms with Crippen LogP contribution in [0, 0.1) is 5.92 Å². The average molecular weight is 199 g/mol. The first-order valence-corrected chi connectivity index (χ1v) is 5.35. The first-order valence-electron chi connectivity index (χ1n) is 5.35. The van der Waals surface area contributed by atoms with Gasteiger partial charge in [-0.05, 0) is 39.5 Å². The van der Waals surface area contributed by atoms with Crippen LogP contribution in [0.15, 0.2) is 0 Å². The van der Waals surface area contributed by atoms with Gasteiger partial charge in [0, 0.05) is 11.9 Å². The van der Waals surface area contributed by atoms with Crippen molar-refractivity contribution in [2.75, 3.05) is 0 Å². The van der Waals surface area contributed by atoms with Crippen LogP contribution in [0.5, 0.6) is 0 Å². The number of carbonyl (C=O) groups is 1. The molecule has 0 aromatic rings. The number of hydrogen-bond acceptors (Lipinski definition) is 3. The van der Waals surface area contributed by atoms with Crippen LogP contribution in [0.2, 0.25) is 0 Å². The third-order valence-corrected chi connectivity index (χ3v) is 3.11. The van der Waals surface area contributed by atoms with Crippen LogP contribution in [-0.2, 0) is 9.53 Å². The van der Waals surface area contributed by atoms with Gasteiger partial charge in [-0.3, -0.25) is 0 Å². The lowest BCUT2D eigenvalue weighted by atomic mass is 9.76. The summed E-state index contributed by atoms with van der Waals surface area (Å²) in [5.41, 5.74) is -0.0130. The molecule has 0 aromatic heterocycles. The molecule has 1 saturated heterocycles. The molecule has 3 heteroatoms. The molecule has 82 valence electrons. The standard InChI is InChI=1S/C11H20O3/c1-4-8-9(14-11(8,2)3)6-5-7-10(12)13/h8-9H,4-7H2,1-3H3,(H,12,13)/p-1. The van der Waals surface area contributed by atoms with Crippen LogP contribution in [0.3, 0.4) is 0 Å². The van der Waals surface area contributed by atoms with Gasteiger partial charge in [0.1, 0.15) is 0 Å². The zero-order valence-corrected chi connectivity index (χ0v) is 9.21. The summed E-state index contributed by atoms with van der Waals surface area (Å²) < 4.78 is 5.70. The van der Waals surface area contributed by atoms with Gasteiger partial charge in [-0.1, -0.05) is 6.92 Å². The average Bonchev–Trinajstić information content (AvgIpc) is 2.02. The van der Waals surface area contributed by atoms with E-state index >= 15 is 0 Å². The Labute approximate surface area is 85.5 Å². The molecule has 1 aliphatic rings. The SMILES string of the molecule is CCC1C(CCCC(=O)[O-])OC1(C)C. The monoisotopic (exact) mass is 199 g/mol. The fourth-order valence-corrected chi connectivity index (χ4v) is 2.40. The van der Waals surface area contributed by atoms with Crippen LogP contribution in [0.4, 0.5) is 0 Å². The van der Waals surface area contributed by atoms with Gasteiger partial charge in [-0.15, -0.1) is 0 Å². The van der Waals surface area contributed by atoms with Gasteiger partial charge in [0.25, 0.3) is 0 Å². The summed E-state index contributed by atoms with van der Waals surface area (Å²) in [4.78, 5) is 10.2. The molecule has 1 aliphatic heterocycles. The Bertz CT molecular complexity index is 211. The summed E-state index contributed by atoms with van der Waals surface area (Å²) in [5.74, 6) is -0.388. The second-order valence-corrected chi connectivity index (χ2v) is 4.54. The van der Waals surface area contributed by atoms with E-state index in [9.17, 15) is 9.90 Å². The van der Waals surface area contributed by atoms with E-state index in [2.05, 4.69) is 20.8 Å². The Morgan fingerprint density at radius 3 is 2.57 bits per heavy atom. The van der Waals surface area contributed by atoms with E-state index < -0.39 is 5.97 Å². The zero-order valence-electron chi connectivity index (χ0n) is 9.21. The molecule has 14 heavy (non-hydrogen) atoms. The molecule has 1 rings (SSSR count). The minimum Gasteiger partial charge on any atom is -0.550 e. The van der Waals surface area contributed by atoms with Gasteiger partial charge in [0.2, 0.25) is 0 Å². The first kappa shape index (κ1) is 11.5. The number of rotatable bonds is 5. The van der Waals surface area contributed by atoms with E-state index in [1.807, 2.05) is 0 Å². The van der Waals surface area contributed by atoms with Crippen LogP contribution in [-0.4, -0.2) is 17.7 Å². The Morgan fingerprint density at radius 2 is 2.14 bits per heavy atom. The molecule has 0 N–H and O–H groups in total. The van der Waals surface area contributed by atoms with E-state index in [1.165, 1.54) is 0 Å². The number of carboxylic acid groups (broad SMARTS) is 1. The minimum absolute atomic E-state index is 0.0130. The molecular formula is C11H19O3-. The van der Waals surface area contributed by atoms with Crippen molar-refractivity contribution in [1.29, 1.82) is 0 Å². The molecule has 0 aliphatic carbocycles. The highest BCUT2D eigenvalue weighted by atomic mass is 16.5. The maximum atomic E-state index is 10.2. The van der Waals surface area contributed by atoms with Crippen molar-refractivity contribution in [2.24, 2.45) is 5.92 Å². The molecule has 0 radical (unpaired) electrons. The largest absolute Gasteiger partial charge is 0.550 e. The smallest absolute Gasteiger partial charge is 0.0683 e. The lowest BCUT2D eigenvalue weighted by molar-refractivity contribution is -0.306. The lowest BCUT2D eigenvalue weighted by Crippen LogP contribution is -2.55. The van der Waals surface area contributed by atoms with Crippen LogP contribution >= 0.6 is 0 Å². The van der Waals surface area contributed by atoms with E-state index in [4.69, 9.17) is 4.74 Å². The number of aliphatic carboxylic acids is 1. The second-order valence-electron chi connectivity index (χ2n) is 4.54. The number of hydrogen-bond donors (Lipinski definition) is 0. The second kappa shape index (κ2) is 4.30. The Balaban J connectivity index is 2.24. The summed E-state index contributed by atoms with van der Waals surface area (Å²) in [5, 5.41) is 10.2. The Hall–Kier alpha value is -0.570. The number of ether oxygens (including phenoxy) is 1. The Morgan fingerprint density at radius 1 is 1.50 bits per heavy atom. The van der Waals surface area contributed by atoms with Crippen molar-refractivity contribution < 1.29 is 14.6 Å². The van der Waals surface area contributed by atoms with Crippen molar-refractivity contribution in [1.82, 2.24) is 0 Å². The first-order chi connectivity index (χ1) is 6.47. The predicted molar refractivity (Wildman–Crippen MR) is 51.6 cm³/mol. The Kier molecular flexibility index (Phi) is 3.53. The lowest BCUT2D eigenvalue weighted by Gasteiger charge is -2.51. The summed E-state index contributed by atoms with van der Waals surface area (Å²) in [6, 6.07) is 0. The molecule has 0 spiro atoms. The van der Waals surface area contributed by atoms with E-state index in [-0.39, 0.29) is 18.1 Å². The van der Waals surface area contributed by atoms with Crippen molar-refractivity contribution in [3.8, 4) is 0 Å². The highest BCUT2D eigenvalue weighted by Crippen LogP contribution is 2.42. The molecule has 0 aromatic carbocycles. The molecule has 3 nitrogen and oxygen atoms in total. The predicted octanol–water partition coefficient (Wildman–Crippen LogP) is 1.11. The highest BCUT2D eigenvalue weighted by Gasteiger charge is 2.46. The highest BCUT2D eigenvalue weighted by molar-refractivity contribution is 5.64. The molecule has 1 heterocycles. The van der Waals surface area contributed by atoms with Gasteiger partial charge >= 0.3 is 0 Å². The molecule has 2 unspecified atom stereocenters. The summed E-state index contributed by atoms with van der Waals surface area (Å²) in [7, 11) is 0. The van der Waals surface area contributed by atoms with Crippen molar-refractivity contribution >= 4 is 5.97 Å². The number of carboxylic acids is 1. The summed E-state index contributed by atoms with van der Waals surface area (Å²) in [6.07, 6.45) is 3.02. The quantitative estimate of drug-likeness (QED) is 0.666. The normalized spacial score (nSPS) is 29.6. The summed E-state index contributed by atoms with van der Waals surface area (Å²) in [6.45, 7) is 6.34.